The smallest absolute Gasteiger partial charge is 0.264 e. The molecule has 12 nitrogen and oxygen atoms in total. The van der Waals surface area contributed by atoms with Crippen LogP contribution in [0.25, 0.3) is 0 Å². The van der Waals surface area contributed by atoms with Gasteiger partial charge in [-0.1, -0.05) is 0 Å². The molecule has 2 heterocycles. The average molecular weight is 520 g/mol. The number of fused-ring (bicyclic) bond motifs is 1. The van der Waals surface area contributed by atoms with Gasteiger partial charge in [-0.3, -0.25) is 9.10 Å². The molecule has 0 fully saturated rings. The van der Waals surface area contributed by atoms with Gasteiger partial charge in [-0.15, -0.1) is 0 Å². The lowest BCUT2D eigenvalue weighted by Crippen LogP contribution is -2.39. The van der Waals surface area contributed by atoms with E-state index in [1.807, 2.05) is 0 Å². The lowest BCUT2D eigenvalue weighted by molar-refractivity contribution is -0.114. The van der Waals surface area contributed by atoms with Gasteiger partial charge in [-0.2, -0.15) is 0 Å². The molecular formula is C21H21N5O7S2. The van der Waals surface area contributed by atoms with Crippen molar-refractivity contribution >= 4 is 43.3 Å². The summed E-state index contributed by atoms with van der Waals surface area (Å²) in [7, 11) is -7.74. The van der Waals surface area contributed by atoms with Gasteiger partial charge in [0.1, 0.15) is 6.54 Å². The molecule has 1 aliphatic heterocycles. The molecule has 2 aromatic carbocycles. The number of hydrogen-bond donors (Lipinski definition) is 2. The van der Waals surface area contributed by atoms with Crippen molar-refractivity contribution in [3.8, 4) is 11.5 Å². The van der Waals surface area contributed by atoms with Gasteiger partial charge in [0.15, 0.2) is 11.5 Å². The predicted molar refractivity (Wildman–Crippen MR) is 127 cm³/mol. The highest BCUT2D eigenvalue weighted by atomic mass is 32.2. The van der Waals surface area contributed by atoms with Crippen LogP contribution < -0.4 is 23.8 Å². The Balaban J connectivity index is 1.47. The molecule has 0 saturated heterocycles. The topological polar surface area (TPSA) is 157 Å². The summed E-state index contributed by atoms with van der Waals surface area (Å²) < 4.78 is 64.1. The van der Waals surface area contributed by atoms with Crippen molar-refractivity contribution < 1.29 is 31.1 Å². The monoisotopic (exact) mass is 519 g/mol. The Kier molecular flexibility index (Phi) is 6.75. The first-order chi connectivity index (χ1) is 16.7. The third kappa shape index (κ3) is 5.60. The van der Waals surface area contributed by atoms with Crippen LogP contribution in [0.3, 0.4) is 0 Å². The summed E-state index contributed by atoms with van der Waals surface area (Å²) in [5.41, 5.74) is 0.534. The van der Waals surface area contributed by atoms with Gasteiger partial charge in [0.05, 0.1) is 16.3 Å². The van der Waals surface area contributed by atoms with E-state index in [9.17, 15) is 21.6 Å². The maximum absolute atomic E-state index is 12.7. The number of ether oxygens (including phenoxy) is 2. The highest BCUT2D eigenvalue weighted by Gasteiger charge is 2.26. The second-order valence-electron chi connectivity index (χ2n) is 7.20. The van der Waals surface area contributed by atoms with Gasteiger partial charge < -0.3 is 14.8 Å². The fraction of sp³-hybridized carbons (Fsp3) is 0.190. The number of carbonyl (C=O) groups is 1. The molecule has 0 saturated carbocycles. The Morgan fingerprint density at radius 1 is 1.00 bits per heavy atom. The lowest BCUT2D eigenvalue weighted by atomic mass is 10.2. The summed E-state index contributed by atoms with van der Waals surface area (Å²) in [4.78, 5) is 20.3. The summed E-state index contributed by atoms with van der Waals surface area (Å²) >= 11 is 0. The van der Waals surface area contributed by atoms with Crippen molar-refractivity contribution in [2.45, 2.75) is 11.8 Å². The van der Waals surface area contributed by atoms with Crippen LogP contribution in [0.4, 0.5) is 17.3 Å². The van der Waals surface area contributed by atoms with E-state index in [4.69, 9.17) is 9.47 Å². The fourth-order valence-electron chi connectivity index (χ4n) is 3.13. The van der Waals surface area contributed by atoms with E-state index < -0.39 is 32.5 Å². The maximum atomic E-state index is 12.7. The van der Waals surface area contributed by atoms with Crippen molar-refractivity contribution in [2.24, 2.45) is 0 Å². The molecule has 1 aliphatic rings. The number of benzene rings is 2. The number of hydrogen-bond acceptors (Lipinski definition) is 9. The van der Waals surface area contributed by atoms with Crippen molar-refractivity contribution in [1.82, 2.24) is 9.97 Å². The number of nitrogens with zero attached hydrogens (tertiary/aromatic N) is 3. The molecule has 0 atom stereocenters. The van der Waals surface area contributed by atoms with E-state index in [1.54, 1.807) is 12.1 Å². The molecule has 1 amide bonds. The third-order valence-electron chi connectivity index (χ3n) is 4.87. The molecule has 184 valence electrons. The predicted octanol–water partition coefficient (Wildman–Crippen LogP) is 1.80. The van der Waals surface area contributed by atoms with Gasteiger partial charge in [-0.25, -0.2) is 31.5 Å². The normalized spacial score (nSPS) is 12.7. The van der Waals surface area contributed by atoms with E-state index in [0.29, 0.717) is 11.5 Å². The summed E-state index contributed by atoms with van der Waals surface area (Å²) in [6.07, 6.45) is 2.80. The zero-order chi connectivity index (χ0) is 25.1. The van der Waals surface area contributed by atoms with Gasteiger partial charge in [0, 0.05) is 24.1 Å². The SMILES string of the molecule is CCS(=O)(=O)N(CC(=O)Nc1ccc(S(=O)(=O)Nc2ncccn2)cc1)c1ccc2c(c1)OCO2. The molecule has 0 radical (unpaired) electrons. The van der Waals surface area contributed by atoms with Crippen LogP contribution in [0.1, 0.15) is 6.92 Å². The summed E-state index contributed by atoms with van der Waals surface area (Å²) in [6, 6.07) is 11.5. The molecule has 4 rings (SSSR count). The molecule has 3 aromatic rings. The second kappa shape index (κ2) is 9.76. The van der Waals surface area contributed by atoms with Gasteiger partial charge in [0.25, 0.3) is 10.0 Å². The van der Waals surface area contributed by atoms with Crippen molar-refractivity contribution in [1.29, 1.82) is 0 Å². The Labute approximate surface area is 202 Å². The minimum Gasteiger partial charge on any atom is -0.454 e. The van der Waals surface area contributed by atoms with Gasteiger partial charge in [-0.05, 0) is 49.4 Å². The molecular weight excluding hydrogens is 498 g/mol. The maximum Gasteiger partial charge on any atom is 0.264 e. The molecule has 14 heteroatoms. The van der Waals surface area contributed by atoms with E-state index in [0.717, 1.165) is 4.31 Å². The number of rotatable bonds is 9. The molecule has 2 N–H and O–H groups in total. The van der Waals surface area contributed by atoms with Crippen molar-refractivity contribution in [3.05, 3.63) is 60.9 Å². The number of carbonyl (C=O) groups excluding carboxylic acids is 1. The number of aromatic nitrogens is 2. The Morgan fingerprint density at radius 3 is 2.37 bits per heavy atom. The Hall–Kier alpha value is -3.91. The van der Waals surface area contributed by atoms with Crippen molar-refractivity contribution in [3.63, 3.8) is 0 Å². The third-order valence-corrected chi connectivity index (χ3v) is 7.96. The molecule has 0 bridgehead atoms. The van der Waals surface area contributed by atoms with E-state index in [1.165, 1.54) is 55.7 Å². The summed E-state index contributed by atoms with van der Waals surface area (Å²) in [6.45, 7) is 1.00. The molecule has 0 aliphatic carbocycles. The van der Waals surface area contributed by atoms with Crippen LogP contribution in [0, 0.1) is 0 Å². The summed E-state index contributed by atoms with van der Waals surface area (Å²) in [5.74, 6) is -0.0583. The number of nitrogens with one attached hydrogen (secondary N) is 2. The molecule has 35 heavy (non-hydrogen) atoms. The summed E-state index contributed by atoms with van der Waals surface area (Å²) in [5, 5.41) is 2.58. The number of amides is 1. The van der Waals surface area contributed by atoms with Gasteiger partial charge >= 0.3 is 0 Å². The fourth-order valence-corrected chi connectivity index (χ4v) is 5.14. The van der Waals surface area contributed by atoms with Crippen molar-refractivity contribution in [2.75, 3.05) is 33.4 Å². The lowest BCUT2D eigenvalue weighted by Gasteiger charge is -2.23. The molecule has 0 spiro atoms. The zero-order valence-corrected chi connectivity index (χ0v) is 20.0. The van der Waals surface area contributed by atoms with Crippen LogP contribution in [-0.2, 0) is 24.8 Å². The van der Waals surface area contributed by atoms with Crippen LogP contribution in [0.5, 0.6) is 11.5 Å². The molecule has 1 aromatic heterocycles. The Morgan fingerprint density at radius 2 is 1.69 bits per heavy atom. The highest BCUT2D eigenvalue weighted by molar-refractivity contribution is 7.93. The second-order valence-corrected chi connectivity index (χ2v) is 11.1. The average Bonchev–Trinajstić information content (AvgIpc) is 3.31. The minimum absolute atomic E-state index is 0.0272. The van der Waals surface area contributed by atoms with E-state index >= 15 is 0 Å². The van der Waals surface area contributed by atoms with Crippen LogP contribution >= 0.6 is 0 Å². The largest absolute Gasteiger partial charge is 0.454 e. The van der Waals surface area contributed by atoms with Crippen LogP contribution in [-0.4, -0.2) is 51.8 Å². The highest BCUT2D eigenvalue weighted by Crippen LogP contribution is 2.36. The first-order valence-electron chi connectivity index (χ1n) is 10.3. The number of anilines is 3. The van der Waals surface area contributed by atoms with Crippen LogP contribution in [0.2, 0.25) is 0 Å². The first-order valence-corrected chi connectivity index (χ1v) is 13.4. The van der Waals surface area contributed by atoms with Crippen LogP contribution in [0.15, 0.2) is 65.8 Å². The first kappa shape index (κ1) is 24.2. The minimum atomic E-state index is -3.94. The quantitative estimate of drug-likeness (QED) is 0.430. The zero-order valence-electron chi connectivity index (χ0n) is 18.4. The Bertz CT molecular complexity index is 1430. The van der Waals surface area contributed by atoms with E-state index in [2.05, 4.69) is 20.0 Å². The number of sulfonamides is 2. The van der Waals surface area contributed by atoms with Gasteiger partial charge in [0.2, 0.25) is 28.7 Å². The van der Waals surface area contributed by atoms with E-state index in [-0.39, 0.29) is 34.8 Å². The molecule has 0 unspecified atom stereocenters. The standard InChI is InChI=1S/C21H21N5O7S2/c1-2-34(28,29)26(16-6-9-18-19(12-16)33-14-32-18)13-20(27)24-15-4-7-17(8-5-15)35(30,31)25-21-22-10-3-11-23-21/h3-12H,2,13-14H2,1H3,(H,24,27)(H,22,23,25).